The van der Waals surface area contributed by atoms with Crippen LogP contribution in [-0.2, 0) is 6.54 Å². The first-order valence-electron chi connectivity index (χ1n) is 6.78. The number of anilines is 2. The molecule has 0 bridgehead atoms. The van der Waals surface area contributed by atoms with Gasteiger partial charge < -0.3 is 15.4 Å². The number of rotatable bonds is 5. The predicted octanol–water partition coefficient (Wildman–Crippen LogP) is 3.25. The minimum atomic E-state index is 0.615. The largest absolute Gasteiger partial charge is 0.496 e. The Morgan fingerprint density at radius 1 is 1.40 bits per heavy atom. The van der Waals surface area contributed by atoms with Crippen molar-refractivity contribution in [3.05, 3.63) is 35.4 Å². The molecule has 3 rings (SSSR count). The number of hydrogen-bond donors (Lipinski definition) is 1. The first-order valence-corrected chi connectivity index (χ1v) is 7.56. The molecule has 1 aliphatic carbocycles. The summed E-state index contributed by atoms with van der Waals surface area (Å²) in [6.07, 6.45) is 2.47. The first-order chi connectivity index (χ1) is 9.70. The van der Waals surface area contributed by atoms with E-state index in [-0.39, 0.29) is 0 Å². The maximum Gasteiger partial charge on any atom is 0.142 e. The van der Waals surface area contributed by atoms with Gasteiger partial charge in [-0.2, -0.15) is 4.37 Å². The van der Waals surface area contributed by atoms with E-state index in [9.17, 15) is 0 Å². The summed E-state index contributed by atoms with van der Waals surface area (Å²) in [6.45, 7) is 0.797. The number of para-hydroxylation sites is 1. The Morgan fingerprint density at radius 3 is 2.85 bits per heavy atom. The van der Waals surface area contributed by atoms with Gasteiger partial charge in [0.15, 0.2) is 0 Å². The molecule has 0 atom stereocenters. The zero-order valence-corrected chi connectivity index (χ0v) is 12.6. The molecule has 4 nitrogen and oxygen atoms in total. The number of benzene rings is 1. The van der Waals surface area contributed by atoms with E-state index >= 15 is 0 Å². The van der Waals surface area contributed by atoms with Gasteiger partial charge in [-0.25, -0.2) is 0 Å². The third kappa shape index (κ3) is 2.45. The number of methoxy groups -OCH3 is 1. The summed E-state index contributed by atoms with van der Waals surface area (Å²) in [5.74, 6) is 2.24. The van der Waals surface area contributed by atoms with Gasteiger partial charge in [-0.05, 0) is 36.4 Å². The lowest BCUT2D eigenvalue weighted by molar-refractivity contribution is 0.409. The summed E-state index contributed by atoms with van der Waals surface area (Å²) >= 11 is 1.50. The minimum absolute atomic E-state index is 0.615. The quantitative estimate of drug-likeness (QED) is 0.918. The molecule has 2 N–H and O–H groups in total. The number of aromatic nitrogens is 1. The van der Waals surface area contributed by atoms with Crippen molar-refractivity contribution in [2.24, 2.45) is 0 Å². The van der Waals surface area contributed by atoms with Crippen molar-refractivity contribution in [1.29, 1.82) is 0 Å². The van der Waals surface area contributed by atoms with Crippen LogP contribution in [0.4, 0.5) is 10.8 Å². The molecule has 0 saturated heterocycles. The second-order valence-corrected chi connectivity index (χ2v) is 5.98. The Kier molecular flexibility index (Phi) is 3.53. The molecule has 0 spiro atoms. The lowest BCUT2D eigenvalue weighted by Gasteiger charge is -2.20. The highest BCUT2D eigenvalue weighted by Crippen LogP contribution is 2.48. The second kappa shape index (κ2) is 5.32. The van der Waals surface area contributed by atoms with E-state index in [1.165, 1.54) is 40.5 Å². The van der Waals surface area contributed by atoms with Crippen LogP contribution in [0, 0.1) is 0 Å². The molecule has 20 heavy (non-hydrogen) atoms. The van der Waals surface area contributed by atoms with Gasteiger partial charge in [0.1, 0.15) is 16.6 Å². The van der Waals surface area contributed by atoms with Crippen molar-refractivity contribution >= 4 is 22.4 Å². The molecule has 1 aliphatic rings. The number of nitrogen functional groups attached to an aromatic ring is 1. The molecule has 0 amide bonds. The summed E-state index contributed by atoms with van der Waals surface area (Å²) in [5, 5.41) is 1.19. The van der Waals surface area contributed by atoms with Gasteiger partial charge in [-0.1, -0.05) is 18.2 Å². The van der Waals surface area contributed by atoms with Crippen molar-refractivity contribution in [2.45, 2.75) is 25.3 Å². The molecule has 0 radical (unpaired) electrons. The van der Waals surface area contributed by atoms with E-state index in [2.05, 4.69) is 22.4 Å². The first kappa shape index (κ1) is 13.2. The average molecular weight is 289 g/mol. The summed E-state index contributed by atoms with van der Waals surface area (Å²) in [4.78, 5) is 2.22. The summed E-state index contributed by atoms with van der Waals surface area (Å²) in [6, 6.07) is 8.11. The van der Waals surface area contributed by atoms with E-state index in [0.717, 1.165) is 12.3 Å². The van der Waals surface area contributed by atoms with E-state index in [0.29, 0.717) is 11.7 Å². The lowest BCUT2D eigenvalue weighted by atomic mass is 10.1. The van der Waals surface area contributed by atoms with Crippen LogP contribution >= 0.6 is 11.5 Å². The number of nitrogens with zero attached hydrogens (tertiary/aromatic N) is 2. The van der Waals surface area contributed by atoms with Crippen LogP contribution in [0.2, 0.25) is 0 Å². The van der Waals surface area contributed by atoms with E-state index < -0.39 is 0 Å². The summed E-state index contributed by atoms with van der Waals surface area (Å²) in [7, 11) is 3.80. The summed E-state index contributed by atoms with van der Waals surface area (Å²) < 4.78 is 9.74. The monoisotopic (exact) mass is 289 g/mol. The molecule has 1 aromatic heterocycles. The molecule has 5 heteroatoms. The van der Waals surface area contributed by atoms with Crippen molar-refractivity contribution in [3.8, 4) is 5.75 Å². The number of ether oxygens (including phenoxy) is 1. The Balaban J connectivity index is 1.84. The van der Waals surface area contributed by atoms with E-state index in [4.69, 9.17) is 10.5 Å². The van der Waals surface area contributed by atoms with Gasteiger partial charge in [0.05, 0.1) is 7.11 Å². The average Bonchev–Trinajstić information content (AvgIpc) is 3.22. The summed E-state index contributed by atoms with van der Waals surface area (Å²) in [5.41, 5.74) is 8.43. The number of hydrogen-bond acceptors (Lipinski definition) is 5. The number of nitrogens with two attached hydrogens (primary N) is 1. The molecule has 106 valence electrons. The highest BCUT2D eigenvalue weighted by Gasteiger charge is 2.31. The van der Waals surface area contributed by atoms with Crippen molar-refractivity contribution < 1.29 is 4.74 Å². The SMILES string of the molecule is COc1ccccc1CN(C)c1snc(N)c1C1CC1. The van der Waals surface area contributed by atoms with Crippen molar-refractivity contribution in [1.82, 2.24) is 4.37 Å². The van der Waals surface area contributed by atoms with Crippen LogP contribution in [0.25, 0.3) is 0 Å². The Hall–Kier alpha value is -1.75. The van der Waals surface area contributed by atoms with Crippen LogP contribution < -0.4 is 15.4 Å². The standard InChI is InChI=1S/C15H19N3OS/c1-18(9-11-5-3-4-6-12(11)19-2)15-13(10-7-8-10)14(16)17-20-15/h3-6,10H,7-9H2,1-2H3,(H2,16,17). The maximum absolute atomic E-state index is 6.02. The van der Waals surface area contributed by atoms with Gasteiger partial charge in [0.25, 0.3) is 0 Å². The highest BCUT2D eigenvalue weighted by atomic mass is 32.1. The van der Waals surface area contributed by atoms with Crippen LogP contribution in [0.1, 0.15) is 29.9 Å². The molecule has 1 fully saturated rings. The zero-order valence-electron chi connectivity index (χ0n) is 11.8. The molecule has 1 aromatic carbocycles. The Morgan fingerprint density at radius 2 is 2.15 bits per heavy atom. The lowest BCUT2D eigenvalue weighted by Crippen LogP contribution is -2.17. The fraction of sp³-hybridized carbons (Fsp3) is 0.400. The Labute approximate surface area is 123 Å². The van der Waals surface area contributed by atoms with E-state index in [1.54, 1.807) is 7.11 Å². The third-order valence-corrected chi connectivity index (χ3v) is 4.66. The van der Waals surface area contributed by atoms with Crippen LogP contribution in [-0.4, -0.2) is 18.5 Å². The topological polar surface area (TPSA) is 51.4 Å². The molecule has 0 aliphatic heterocycles. The van der Waals surface area contributed by atoms with Crippen molar-refractivity contribution in [2.75, 3.05) is 24.8 Å². The Bertz CT molecular complexity index is 607. The van der Waals surface area contributed by atoms with E-state index in [1.807, 2.05) is 18.2 Å². The second-order valence-electron chi connectivity index (χ2n) is 5.23. The van der Waals surface area contributed by atoms with Gasteiger partial charge in [-0.15, -0.1) is 0 Å². The van der Waals surface area contributed by atoms with Crippen LogP contribution in [0.5, 0.6) is 5.75 Å². The molecule has 0 unspecified atom stereocenters. The van der Waals surface area contributed by atoms with Gasteiger partial charge in [0, 0.05) is 24.7 Å². The molecule has 1 heterocycles. The van der Waals surface area contributed by atoms with Gasteiger partial charge >= 0.3 is 0 Å². The van der Waals surface area contributed by atoms with Crippen molar-refractivity contribution in [3.63, 3.8) is 0 Å². The molecular formula is C15H19N3OS. The minimum Gasteiger partial charge on any atom is -0.496 e. The fourth-order valence-electron chi connectivity index (χ4n) is 2.49. The third-order valence-electron chi connectivity index (χ3n) is 3.67. The molecule has 2 aromatic rings. The zero-order chi connectivity index (χ0) is 14.1. The van der Waals surface area contributed by atoms with Crippen LogP contribution in [0.3, 0.4) is 0 Å². The fourth-order valence-corrected chi connectivity index (χ4v) is 3.35. The van der Waals surface area contributed by atoms with Crippen LogP contribution in [0.15, 0.2) is 24.3 Å². The normalized spacial score (nSPS) is 14.3. The molecule has 1 saturated carbocycles. The smallest absolute Gasteiger partial charge is 0.142 e. The highest BCUT2D eigenvalue weighted by molar-refractivity contribution is 7.10. The maximum atomic E-state index is 6.02. The van der Waals surface area contributed by atoms with Gasteiger partial charge in [0.2, 0.25) is 0 Å². The predicted molar refractivity (Wildman–Crippen MR) is 83.6 cm³/mol. The van der Waals surface area contributed by atoms with Gasteiger partial charge in [-0.3, -0.25) is 0 Å². The molecular weight excluding hydrogens is 270 g/mol.